The van der Waals surface area contributed by atoms with Gasteiger partial charge >= 0.3 is 5.97 Å². The highest BCUT2D eigenvalue weighted by Gasteiger charge is 2.45. The van der Waals surface area contributed by atoms with Crippen molar-refractivity contribution < 1.29 is 19.4 Å². The average molecular weight is 418 g/mol. The number of rotatable bonds is 2. The van der Waals surface area contributed by atoms with Crippen LogP contribution in [0.4, 0.5) is 0 Å². The van der Waals surface area contributed by atoms with E-state index in [1.807, 2.05) is 12.1 Å². The van der Waals surface area contributed by atoms with E-state index >= 15 is 0 Å². The summed E-state index contributed by atoms with van der Waals surface area (Å²) in [5.41, 5.74) is 4.41. The molecule has 7 nitrogen and oxygen atoms in total. The zero-order valence-corrected chi connectivity index (χ0v) is 17.4. The summed E-state index contributed by atoms with van der Waals surface area (Å²) in [6, 6.07) is 5.68. The molecule has 158 valence electrons. The van der Waals surface area contributed by atoms with Gasteiger partial charge in [0.05, 0.1) is 36.1 Å². The number of fused-ring (bicyclic) bond motifs is 5. The standard InChI is InChI=1S/C24H22N2O5/c1-3-24(29)16-9-18-21-14(10-26(18)22(27)15(16)11-31-23(24)28)12-5-4-6-13-19(30-2)8-7-17(25-21)20(12)13/h7-9,29H,3-6,10-11H2,1-2H3. The minimum atomic E-state index is -1.81. The number of ether oxygens (including phenoxy) is 2. The number of carbonyl (C=O) groups excluding carboxylic acids is 1. The van der Waals surface area contributed by atoms with E-state index in [-0.39, 0.29) is 18.6 Å². The van der Waals surface area contributed by atoms with Crippen LogP contribution in [0.5, 0.6) is 5.75 Å². The van der Waals surface area contributed by atoms with Gasteiger partial charge in [0, 0.05) is 22.1 Å². The van der Waals surface area contributed by atoms with Crippen molar-refractivity contribution in [1.82, 2.24) is 9.55 Å². The van der Waals surface area contributed by atoms with Crippen LogP contribution in [-0.2, 0) is 41.1 Å². The van der Waals surface area contributed by atoms with Crippen molar-refractivity contribution in [2.75, 3.05) is 7.11 Å². The van der Waals surface area contributed by atoms with Crippen LogP contribution in [0, 0.1) is 0 Å². The number of esters is 1. The van der Waals surface area contributed by atoms with Crippen molar-refractivity contribution >= 4 is 16.9 Å². The summed E-state index contributed by atoms with van der Waals surface area (Å²) in [7, 11) is 1.69. The second-order valence-electron chi connectivity index (χ2n) is 8.51. The maximum absolute atomic E-state index is 13.4. The molecule has 1 unspecified atom stereocenters. The average Bonchev–Trinajstić information content (AvgIpc) is 3.16. The van der Waals surface area contributed by atoms with Gasteiger partial charge in [0.1, 0.15) is 12.4 Å². The maximum Gasteiger partial charge on any atom is 0.343 e. The molecule has 4 heterocycles. The molecule has 0 bridgehead atoms. The highest BCUT2D eigenvalue weighted by atomic mass is 16.6. The number of aliphatic hydroxyl groups is 1. The Bertz CT molecular complexity index is 1370. The SMILES string of the molecule is CCC1(O)C(=O)OCc2c1cc1n(c2=O)Cc2c-1nc1ccc(OC)c3c1c2CCC3. The molecule has 1 N–H and O–H groups in total. The Kier molecular flexibility index (Phi) is 3.69. The maximum atomic E-state index is 13.4. The molecule has 3 aliphatic rings. The van der Waals surface area contributed by atoms with Crippen molar-refractivity contribution in [1.29, 1.82) is 0 Å². The molecule has 31 heavy (non-hydrogen) atoms. The van der Waals surface area contributed by atoms with Crippen molar-refractivity contribution in [3.05, 3.63) is 56.4 Å². The molecule has 0 saturated carbocycles. The molecular formula is C24H22N2O5. The third-order valence-electron chi connectivity index (χ3n) is 7.11. The van der Waals surface area contributed by atoms with Crippen molar-refractivity contribution in [2.24, 2.45) is 0 Å². The van der Waals surface area contributed by atoms with Gasteiger partial charge in [-0.25, -0.2) is 9.78 Å². The van der Waals surface area contributed by atoms with Crippen LogP contribution in [0.3, 0.4) is 0 Å². The number of hydrogen-bond donors (Lipinski definition) is 1. The number of nitrogens with zero attached hydrogens (tertiary/aromatic N) is 2. The summed E-state index contributed by atoms with van der Waals surface area (Å²) >= 11 is 0. The number of carbonyl (C=O) groups is 1. The lowest BCUT2D eigenvalue weighted by Gasteiger charge is -2.31. The minimum Gasteiger partial charge on any atom is -0.496 e. The van der Waals surface area contributed by atoms with E-state index in [9.17, 15) is 14.7 Å². The van der Waals surface area contributed by atoms with E-state index in [2.05, 4.69) is 0 Å². The summed E-state index contributed by atoms with van der Waals surface area (Å²) < 4.78 is 12.4. The first-order valence-electron chi connectivity index (χ1n) is 10.7. The van der Waals surface area contributed by atoms with Gasteiger partial charge in [0.2, 0.25) is 0 Å². The number of aromatic nitrogens is 2. The Morgan fingerprint density at radius 1 is 1.19 bits per heavy atom. The topological polar surface area (TPSA) is 90.7 Å². The fourth-order valence-electron chi connectivity index (χ4n) is 5.48. The van der Waals surface area contributed by atoms with Gasteiger partial charge in [0.25, 0.3) is 5.56 Å². The summed E-state index contributed by atoms with van der Waals surface area (Å²) in [5, 5.41) is 12.2. The van der Waals surface area contributed by atoms with E-state index in [1.54, 1.807) is 24.7 Å². The van der Waals surface area contributed by atoms with Gasteiger partial charge in [0.15, 0.2) is 5.60 Å². The summed E-state index contributed by atoms with van der Waals surface area (Å²) in [6.07, 6.45) is 3.01. The molecule has 7 heteroatoms. The molecule has 1 aromatic carbocycles. The molecule has 0 fully saturated rings. The van der Waals surface area contributed by atoms with Crippen LogP contribution < -0.4 is 10.3 Å². The van der Waals surface area contributed by atoms with Crippen LogP contribution >= 0.6 is 0 Å². The van der Waals surface area contributed by atoms with E-state index in [1.165, 1.54) is 11.1 Å². The fraction of sp³-hybridized carbons (Fsp3) is 0.375. The molecule has 2 aromatic heterocycles. The monoisotopic (exact) mass is 418 g/mol. The lowest BCUT2D eigenvalue weighted by Crippen LogP contribution is -2.44. The number of pyridine rings is 2. The van der Waals surface area contributed by atoms with Crippen molar-refractivity contribution in [2.45, 2.75) is 51.4 Å². The van der Waals surface area contributed by atoms with Gasteiger partial charge in [-0.15, -0.1) is 0 Å². The van der Waals surface area contributed by atoms with Crippen LogP contribution in [0.1, 0.15) is 47.6 Å². The number of aryl methyl sites for hydroxylation is 2. The minimum absolute atomic E-state index is 0.116. The first-order chi connectivity index (χ1) is 15.0. The Morgan fingerprint density at radius 2 is 2.00 bits per heavy atom. The lowest BCUT2D eigenvalue weighted by atomic mass is 9.85. The van der Waals surface area contributed by atoms with Crippen LogP contribution in [-0.4, -0.2) is 27.7 Å². The Hall–Kier alpha value is -3.19. The molecule has 0 amide bonds. The Balaban J connectivity index is 1.66. The smallest absolute Gasteiger partial charge is 0.343 e. The van der Waals surface area contributed by atoms with Gasteiger partial charge in [-0.3, -0.25) is 4.79 Å². The second-order valence-corrected chi connectivity index (χ2v) is 8.51. The first-order valence-corrected chi connectivity index (χ1v) is 10.7. The Labute approximate surface area is 178 Å². The highest BCUT2D eigenvalue weighted by molar-refractivity contribution is 5.93. The largest absolute Gasteiger partial charge is 0.496 e. The number of methoxy groups -OCH3 is 1. The highest BCUT2D eigenvalue weighted by Crippen LogP contribution is 2.43. The third-order valence-corrected chi connectivity index (χ3v) is 7.11. The number of cyclic esters (lactones) is 1. The first kappa shape index (κ1) is 18.6. The second kappa shape index (κ2) is 6.17. The van der Waals surface area contributed by atoms with Gasteiger partial charge in [-0.2, -0.15) is 0 Å². The fourth-order valence-corrected chi connectivity index (χ4v) is 5.48. The van der Waals surface area contributed by atoms with E-state index in [4.69, 9.17) is 14.5 Å². The van der Waals surface area contributed by atoms with Crippen LogP contribution in [0.25, 0.3) is 22.3 Å². The van der Waals surface area contributed by atoms with Crippen molar-refractivity contribution in [3.63, 3.8) is 0 Å². The molecule has 1 atom stereocenters. The molecule has 6 rings (SSSR count). The van der Waals surface area contributed by atoms with Crippen LogP contribution in [0.2, 0.25) is 0 Å². The quantitative estimate of drug-likeness (QED) is 0.503. The molecule has 1 aliphatic carbocycles. The normalized spacial score (nSPS) is 20.8. The van der Waals surface area contributed by atoms with Gasteiger partial charge in [-0.1, -0.05) is 6.92 Å². The summed E-state index contributed by atoms with van der Waals surface area (Å²) in [5.74, 6) is 0.172. The molecule has 0 radical (unpaired) electrons. The van der Waals surface area contributed by atoms with E-state index in [0.717, 1.165) is 47.2 Å². The molecular weight excluding hydrogens is 396 g/mol. The van der Waals surface area contributed by atoms with Crippen LogP contribution in [0.15, 0.2) is 23.0 Å². The number of benzene rings is 1. The molecule has 0 spiro atoms. The summed E-state index contributed by atoms with van der Waals surface area (Å²) in [6.45, 7) is 2.03. The zero-order chi connectivity index (χ0) is 21.5. The third kappa shape index (κ3) is 2.24. The predicted octanol–water partition coefficient (Wildman–Crippen LogP) is 2.58. The van der Waals surface area contributed by atoms with Gasteiger partial charge in [-0.05, 0) is 49.4 Å². The predicted molar refractivity (Wildman–Crippen MR) is 113 cm³/mol. The molecule has 2 aliphatic heterocycles. The molecule has 3 aromatic rings. The van der Waals surface area contributed by atoms with Gasteiger partial charge < -0.3 is 19.1 Å². The van der Waals surface area contributed by atoms with E-state index < -0.39 is 11.6 Å². The van der Waals surface area contributed by atoms with Crippen molar-refractivity contribution in [3.8, 4) is 17.1 Å². The lowest BCUT2D eigenvalue weighted by molar-refractivity contribution is -0.172. The number of hydrogen-bond acceptors (Lipinski definition) is 6. The zero-order valence-electron chi connectivity index (χ0n) is 17.4. The summed E-state index contributed by atoms with van der Waals surface area (Å²) in [4.78, 5) is 30.7. The Morgan fingerprint density at radius 3 is 2.77 bits per heavy atom. The molecule has 0 saturated heterocycles. The van der Waals surface area contributed by atoms with E-state index in [0.29, 0.717) is 23.4 Å².